The number of hydrogen-bond donors (Lipinski definition) is 30. The van der Waals surface area contributed by atoms with Crippen LogP contribution in [0.15, 0.2) is 0 Å². The highest BCUT2D eigenvalue weighted by Crippen LogP contribution is 2.41. The lowest BCUT2D eigenvalue weighted by atomic mass is 9.93. The van der Waals surface area contributed by atoms with Crippen molar-refractivity contribution in [3.05, 3.63) is 0 Å². The zero-order valence-corrected chi connectivity index (χ0v) is 65.6. The molecule has 0 bridgehead atoms. The van der Waals surface area contributed by atoms with Crippen LogP contribution < -0.4 is 21.3 Å². The smallest absolute Gasteiger partial charge is 0.217 e. The summed E-state index contributed by atoms with van der Waals surface area (Å²) in [6.07, 6.45) is -91.5. The predicted octanol–water partition coefficient (Wildman–Crippen LogP) is -19.5. The molecular formula is C68H116N4O48. The van der Waals surface area contributed by atoms with E-state index in [0.29, 0.717) is 0 Å². The summed E-state index contributed by atoms with van der Waals surface area (Å²) in [7, 11) is 0. The van der Waals surface area contributed by atoms with Crippen LogP contribution in [0, 0.1) is 0 Å². The van der Waals surface area contributed by atoms with Crippen LogP contribution in [0.1, 0.15) is 48.5 Å². The van der Waals surface area contributed by atoms with Crippen molar-refractivity contribution in [1.82, 2.24) is 21.3 Å². The van der Waals surface area contributed by atoms with E-state index in [1.54, 1.807) is 0 Å². The van der Waals surface area contributed by atoms with Crippen LogP contribution in [0.2, 0.25) is 0 Å². The number of amides is 4. The van der Waals surface area contributed by atoms with Gasteiger partial charge in [-0.3, -0.25) is 19.2 Å². The average molecular weight is 1760 g/mol. The molecule has 0 aromatic rings. The normalized spacial score (nSPS) is 47.6. The van der Waals surface area contributed by atoms with E-state index in [9.17, 15) is 152 Å². The molecule has 4 amide bonds. The van der Waals surface area contributed by atoms with Crippen molar-refractivity contribution in [1.29, 1.82) is 0 Å². The summed E-state index contributed by atoms with van der Waals surface area (Å²) < 4.78 is 108. The summed E-state index contributed by atoms with van der Waals surface area (Å²) >= 11 is 0. The Morgan fingerprint density at radius 2 is 0.650 bits per heavy atom. The maximum absolute atomic E-state index is 13.5. The van der Waals surface area contributed by atoms with Crippen LogP contribution >= 0.6 is 0 Å². The minimum atomic E-state index is -2.53. The summed E-state index contributed by atoms with van der Waals surface area (Å²) in [5.74, 6) is -3.76. The second-order valence-electron chi connectivity index (χ2n) is 30.7. The summed E-state index contributed by atoms with van der Waals surface area (Å²) in [6.45, 7) is -1.72. The molecular weight excluding hydrogens is 1640 g/mol. The van der Waals surface area contributed by atoms with Gasteiger partial charge in [0.05, 0.1) is 77.2 Å². The Hall–Kier alpha value is -3.88. The SMILES string of the molecule is CC(=O)N[C@H]1[C@H](OC[C@@H](O)[C@H](O)[C@H](O[C@@H]2O[C@H](CO)[C@H](O)[C@H](O[C@@H]3O[C@H](CO)[C@@H](O)[C@H](O)[C@H]3NC(C)=O)[C@H]2O[C@@H]2O[C@@H](C)[C@@H](O)[C@@H](O)[C@@H]2O)[C@H](CO)NC(C)=O)O[C@H](CO)[C@@H](O[C@@H]2O[C@H](CO)[C@H](O)[C@H](O[C@@H]3O[C@H](CO)[C@@H](O[C@@H]4O[C@H](CO)[C@H](O)[C@H](O)[C@H]4O[C@@H]4O[C@@H](C)[C@@H](O)[C@@H](O)[C@@H]4O)[C@H](O[C@@H]4O[C@@H](C)[C@@H](O)[C@@H](O)[C@@H]4O)[C@H]3NC(C)=O)[C@H]2O)[C@@H]1O. The molecule has 120 heavy (non-hydrogen) atoms. The lowest BCUT2D eigenvalue weighted by Gasteiger charge is -2.52. The van der Waals surface area contributed by atoms with Crippen LogP contribution in [-0.4, -0.2) is 510 Å². The van der Waals surface area contributed by atoms with Crippen LogP contribution in [0.4, 0.5) is 0 Å². The highest BCUT2D eigenvalue weighted by atomic mass is 16.8. The summed E-state index contributed by atoms with van der Waals surface area (Å²) in [4.78, 5) is 51.9. The zero-order valence-electron chi connectivity index (χ0n) is 65.6. The number of rotatable bonds is 33. The van der Waals surface area contributed by atoms with E-state index in [2.05, 4.69) is 21.3 Å². The molecule has 9 aliphatic heterocycles. The summed E-state index contributed by atoms with van der Waals surface area (Å²) in [5, 5.41) is 300. The molecule has 52 heteroatoms. The van der Waals surface area contributed by atoms with Crippen molar-refractivity contribution >= 4 is 23.6 Å². The number of ether oxygens (including phenoxy) is 18. The van der Waals surface area contributed by atoms with Crippen molar-refractivity contribution in [2.24, 2.45) is 0 Å². The molecule has 0 radical (unpaired) electrons. The van der Waals surface area contributed by atoms with Gasteiger partial charge in [0.1, 0.15) is 220 Å². The first kappa shape index (κ1) is 99.9. The Morgan fingerprint density at radius 1 is 0.300 bits per heavy atom. The second-order valence-corrected chi connectivity index (χ2v) is 30.7. The van der Waals surface area contributed by atoms with Crippen LogP contribution in [0.3, 0.4) is 0 Å². The third-order valence-electron chi connectivity index (χ3n) is 22.0. The van der Waals surface area contributed by atoms with Crippen LogP contribution in [0.25, 0.3) is 0 Å². The molecule has 49 atom stereocenters. The molecule has 0 aliphatic carbocycles. The van der Waals surface area contributed by atoms with Crippen molar-refractivity contribution in [3.63, 3.8) is 0 Å². The quantitative estimate of drug-likeness (QED) is 0.0290. The third-order valence-corrected chi connectivity index (χ3v) is 22.0. The number of hydrogen-bond acceptors (Lipinski definition) is 48. The van der Waals surface area contributed by atoms with E-state index in [1.807, 2.05) is 0 Å². The van der Waals surface area contributed by atoms with Gasteiger partial charge in [-0.2, -0.15) is 0 Å². The predicted molar refractivity (Wildman–Crippen MR) is 374 cm³/mol. The van der Waals surface area contributed by atoms with Gasteiger partial charge in [-0.05, 0) is 20.8 Å². The molecule has 0 aromatic heterocycles. The zero-order chi connectivity index (χ0) is 88.8. The lowest BCUT2D eigenvalue weighted by molar-refractivity contribution is -0.400. The maximum atomic E-state index is 13.5. The molecule has 30 N–H and O–H groups in total. The standard InChI is InChI=1S/C68H116N4O48/c1-16-34(85)44(95)48(99)63(104-16)116-55-33(72-22(7)83)62(112-30(14-79)54(55)115-67-58(47(98)39(90)26(10-75)109-67)119-64-49(100)45(96)35(86)17(2)105-64)117-56-40(91)27(11-76)108-66(51(56)102)114-53-29(13-78)111-60(32(43(53)94)71-21(6)82)103-15-24(84)37(88)52(23(8-73)69-19(4)80)113-68-59(120-65-50(101)46(97)36(87)18(3)106-65)57(41(92)28(12-77)110-68)118-61-31(70-20(5)81)42(93)38(89)25(9-74)107-61/h16-18,23-68,73-79,84-102H,8-15H2,1-7H3,(H,69,80)(H,70,81)(H,71,82)(H,72,83)/t16-,17-,18-,23-,24+,25+,26+,27+,28+,29+,30+,31+,32+,33+,34+,35+,36+,37-,38+,39-,40-,41-,42+,43+,44+,45+,46+,47-,48-,49-,50-,51+,52+,53+,54+,55+,56-,57-,58+,59+,60+,61-,62-,63-,64-,65-,66-,67-,68-/m0/s1. The van der Waals surface area contributed by atoms with Crippen LogP contribution in [-0.2, 0) is 104 Å². The topological polar surface area (TPSA) is 809 Å². The number of carbonyl (C=O) groups excluding carboxylic acids is 4. The van der Waals surface area contributed by atoms with E-state index in [1.165, 1.54) is 20.8 Å². The molecule has 0 spiro atoms. The van der Waals surface area contributed by atoms with Crippen molar-refractivity contribution in [3.8, 4) is 0 Å². The van der Waals surface area contributed by atoms with E-state index >= 15 is 0 Å². The molecule has 0 aromatic carbocycles. The number of aliphatic hydroxyl groups is 26. The van der Waals surface area contributed by atoms with E-state index in [0.717, 1.165) is 27.7 Å². The molecule has 9 rings (SSSR count). The fourth-order valence-electron chi connectivity index (χ4n) is 15.4. The first-order valence-corrected chi connectivity index (χ1v) is 38.6. The van der Waals surface area contributed by atoms with Crippen molar-refractivity contribution < 1.29 is 237 Å². The Labute approximate surface area is 682 Å². The van der Waals surface area contributed by atoms with Crippen molar-refractivity contribution in [2.75, 3.05) is 52.9 Å². The Bertz CT molecular complexity index is 3200. The fraction of sp³-hybridized carbons (Fsp3) is 0.941. The largest absolute Gasteiger partial charge is 0.394 e. The van der Waals surface area contributed by atoms with Gasteiger partial charge in [0.15, 0.2) is 56.6 Å². The second kappa shape index (κ2) is 43.7. The van der Waals surface area contributed by atoms with Gasteiger partial charge in [-0.15, -0.1) is 0 Å². The van der Waals surface area contributed by atoms with Gasteiger partial charge in [0.2, 0.25) is 23.6 Å². The van der Waals surface area contributed by atoms with Gasteiger partial charge >= 0.3 is 0 Å². The molecule has 9 aliphatic rings. The van der Waals surface area contributed by atoms with E-state index < -0.39 is 377 Å². The van der Waals surface area contributed by atoms with Gasteiger partial charge in [-0.25, -0.2) is 0 Å². The summed E-state index contributed by atoms with van der Waals surface area (Å²) in [6, 6.07) is -7.60. The molecule has 0 saturated carbocycles. The Morgan fingerprint density at radius 3 is 1.12 bits per heavy atom. The lowest BCUT2D eigenvalue weighted by Crippen LogP contribution is -2.71. The maximum Gasteiger partial charge on any atom is 0.217 e. The van der Waals surface area contributed by atoms with Crippen LogP contribution in [0.5, 0.6) is 0 Å². The number of carbonyl (C=O) groups is 4. The monoisotopic (exact) mass is 1760 g/mol. The minimum Gasteiger partial charge on any atom is -0.394 e. The third kappa shape index (κ3) is 22.4. The summed E-state index contributed by atoms with van der Waals surface area (Å²) in [5.41, 5.74) is 0. The van der Waals surface area contributed by atoms with Gasteiger partial charge < -0.3 is 239 Å². The number of nitrogens with one attached hydrogen (secondary N) is 4. The number of aliphatic hydroxyl groups excluding tert-OH is 26. The molecule has 696 valence electrons. The molecule has 52 nitrogen and oxygen atoms in total. The molecule has 9 heterocycles. The Balaban J connectivity index is 0.981. The Kier molecular flexibility index (Phi) is 36.4. The fourth-order valence-corrected chi connectivity index (χ4v) is 15.4. The first-order chi connectivity index (χ1) is 56.6. The van der Waals surface area contributed by atoms with Gasteiger partial charge in [0.25, 0.3) is 0 Å². The first-order valence-electron chi connectivity index (χ1n) is 38.6. The van der Waals surface area contributed by atoms with E-state index in [4.69, 9.17) is 85.3 Å². The van der Waals surface area contributed by atoms with Gasteiger partial charge in [-0.1, -0.05) is 0 Å². The molecule has 9 fully saturated rings. The van der Waals surface area contributed by atoms with E-state index in [-0.39, 0.29) is 0 Å². The van der Waals surface area contributed by atoms with Gasteiger partial charge in [0, 0.05) is 27.7 Å². The average Bonchev–Trinajstić information content (AvgIpc) is 0.761. The molecule has 9 saturated heterocycles. The highest BCUT2D eigenvalue weighted by Gasteiger charge is 2.62. The highest BCUT2D eigenvalue weighted by molar-refractivity contribution is 5.74. The molecule has 0 unspecified atom stereocenters. The minimum absolute atomic E-state index is 0.856. The van der Waals surface area contributed by atoms with Crippen molar-refractivity contribution in [2.45, 2.75) is 349 Å².